The smallest absolute Gasteiger partial charge is 0.406 e. The van der Waals surface area contributed by atoms with E-state index >= 15 is 0 Å². The second-order valence-electron chi connectivity index (χ2n) is 4.17. The fraction of sp³-hybridized carbons (Fsp3) is 0.118. The van der Waals surface area contributed by atoms with E-state index in [1.165, 1.54) is 31.2 Å². The molecule has 116 valence electrons. The maximum atomic E-state index is 12.1. The standard InChI is InChI=1S/C15H11F3O2.C2H4/c1-10(19)13-4-2-3-5-14(13)11-6-8-12(9-7-11)20-15(16,17)18;1-2/h2-9H,1H3;1-2H2. The fourth-order valence-electron chi connectivity index (χ4n) is 1.88. The number of rotatable bonds is 3. The summed E-state index contributed by atoms with van der Waals surface area (Å²) < 4.78 is 40.0. The van der Waals surface area contributed by atoms with Crippen LogP contribution >= 0.6 is 0 Å². The molecule has 2 aromatic rings. The molecule has 0 amide bonds. The van der Waals surface area contributed by atoms with Crippen molar-refractivity contribution in [3.8, 4) is 16.9 Å². The van der Waals surface area contributed by atoms with Crippen LogP contribution in [0.4, 0.5) is 13.2 Å². The lowest BCUT2D eigenvalue weighted by molar-refractivity contribution is -0.274. The first-order valence-corrected chi connectivity index (χ1v) is 6.33. The third-order valence-corrected chi connectivity index (χ3v) is 2.71. The normalized spacial score (nSPS) is 10.4. The van der Waals surface area contributed by atoms with Gasteiger partial charge in [0, 0.05) is 5.56 Å². The third-order valence-electron chi connectivity index (χ3n) is 2.71. The van der Waals surface area contributed by atoms with Crippen LogP contribution < -0.4 is 4.74 Å². The van der Waals surface area contributed by atoms with E-state index in [9.17, 15) is 18.0 Å². The summed E-state index contributed by atoms with van der Waals surface area (Å²) in [5.74, 6) is -0.391. The Morgan fingerprint density at radius 1 is 1.00 bits per heavy atom. The number of carbonyl (C=O) groups excluding carboxylic acids is 1. The number of halogens is 3. The molecule has 0 saturated carbocycles. The summed E-state index contributed by atoms with van der Waals surface area (Å²) in [5, 5.41) is 0. The number of ketones is 1. The predicted octanol–water partition coefficient (Wildman–Crippen LogP) is 5.26. The largest absolute Gasteiger partial charge is 0.573 e. The molecule has 0 bridgehead atoms. The summed E-state index contributed by atoms with van der Waals surface area (Å²) >= 11 is 0. The molecule has 0 spiro atoms. The second kappa shape index (κ2) is 7.45. The van der Waals surface area contributed by atoms with Gasteiger partial charge >= 0.3 is 6.36 Å². The van der Waals surface area contributed by atoms with Gasteiger partial charge in [-0.05, 0) is 30.2 Å². The van der Waals surface area contributed by atoms with Gasteiger partial charge in [-0.15, -0.1) is 26.3 Å². The molecule has 0 aliphatic rings. The van der Waals surface area contributed by atoms with Gasteiger partial charge in [0.1, 0.15) is 5.75 Å². The summed E-state index contributed by atoms with van der Waals surface area (Å²) in [6.07, 6.45) is -4.71. The molecular weight excluding hydrogens is 293 g/mol. The number of benzene rings is 2. The molecule has 0 atom stereocenters. The van der Waals surface area contributed by atoms with E-state index in [2.05, 4.69) is 17.9 Å². The quantitative estimate of drug-likeness (QED) is 0.571. The van der Waals surface area contributed by atoms with Crippen LogP contribution in [0.15, 0.2) is 61.7 Å². The molecule has 2 nitrogen and oxygen atoms in total. The number of ether oxygens (including phenoxy) is 1. The van der Waals surface area contributed by atoms with Crippen molar-refractivity contribution in [1.29, 1.82) is 0 Å². The molecule has 2 rings (SSSR count). The molecule has 0 fully saturated rings. The number of hydrogen-bond donors (Lipinski definition) is 0. The van der Waals surface area contributed by atoms with Crippen LogP contribution in [-0.4, -0.2) is 12.1 Å². The SMILES string of the molecule is C=C.CC(=O)c1ccccc1-c1ccc(OC(F)(F)F)cc1. The number of hydrogen-bond acceptors (Lipinski definition) is 2. The topological polar surface area (TPSA) is 26.3 Å². The van der Waals surface area contributed by atoms with E-state index in [0.717, 1.165) is 0 Å². The first-order valence-electron chi connectivity index (χ1n) is 6.33. The highest BCUT2D eigenvalue weighted by molar-refractivity contribution is 6.00. The van der Waals surface area contributed by atoms with Gasteiger partial charge < -0.3 is 4.74 Å². The van der Waals surface area contributed by atoms with Gasteiger partial charge in [-0.1, -0.05) is 36.4 Å². The lowest BCUT2D eigenvalue weighted by Gasteiger charge is -2.10. The molecule has 2 aromatic carbocycles. The van der Waals surface area contributed by atoms with Crippen LogP contribution in [0.3, 0.4) is 0 Å². The Morgan fingerprint density at radius 3 is 2.05 bits per heavy atom. The molecule has 0 heterocycles. The molecule has 22 heavy (non-hydrogen) atoms. The highest BCUT2D eigenvalue weighted by Crippen LogP contribution is 2.28. The average Bonchev–Trinajstić information content (AvgIpc) is 2.48. The highest BCUT2D eigenvalue weighted by atomic mass is 19.4. The zero-order valence-corrected chi connectivity index (χ0v) is 12.0. The Morgan fingerprint density at radius 2 is 1.55 bits per heavy atom. The zero-order valence-electron chi connectivity index (χ0n) is 12.0. The number of carbonyl (C=O) groups is 1. The van der Waals surface area contributed by atoms with Crippen molar-refractivity contribution in [2.24, 2.45) is 0 Å². The Labute approximate surface area is 126 Å². The number of alkyl halides is 3. The predicted molar refractivity (Wildman–Crippen MR) is 79.8 cm³/mol. The van der Waals surface area contributed by atoms with Crippen molar-refractivity contribution in [2.45, 2.75) is 13.3 Å². The van der Waals surface area contributed by atoms with Crippen molar-refractivity contribution < 1.29 is 22.7 Å². The molecule has 0 saturated heterocycles. The molecule has 0 N–H and O–H groups in total. The van der Waals surface area contributed by atoms with Gasteiger partial charge in [0.05, 0.1) is 0 Å². The Kier molecular flexibility index (Phi) is 5.92. The van der Waals surface area contributed by atoms with Crippen molar-refractivity contribution in [3.63, 3.8) is 0 Å². The van der Waals surface area contributed by atoms with E-state index < -0.39 is 6.36 Å². The minimum Gasteiger partial charge on any atom is -0.406 e. The molecule has 0 unspecified atom stereocenters. The Balaban J connectivity index is 0.00000116. The van der Waals surface area contributed by atoms with E-state index in [-0.39, 0.29) is 11.5 Å². The van der Waals surface area contributed by atoms with Crippen molar-refractivity contribution in [2.75, 3.05) is 0 Å². The minimum atomic E-state index is -4.71. The van der Waals surface area contributed by atoms with Gasteiger partial charge in [-0.25, -0.2) is 0 Å². The lowest BCUT2D eigenvalue weighted by Crippen LogP contribution is -2.16. The first kappa shape index (κ1) is 17.5. The monoisotopic (exact) mass is 308 g/mol. The molecule has 0 aliphatic heterocycles. The summed E-state index contributed by atoms with van der Waals surface area (Å²) in [5.41, 5.74) is 1.86. The van der Waals surface area contributed by atoms with Crippen molar-refractivity contribution >= 4 is 5.78 Å². The number of Topliss-reactive ketones (excluding diaryl/α,β-unsaturated/α-hetero) is 1. The maximum Gasteiger partial charge on any atom is 0.573 e. The van der Waals surface area contributed by atoms with Crippen molar-refractivity contribution in [3.05, 3.63) is 67.3 Å². The Hall–Kier alpha value is -2.56. The third kappa shape index (κ3) is 4.77. The van der Waals surface area contributed by atoms with Crippen LogP contribution in [0.25, 0.3) is 11.1 Å². The Bertz CT molecular complexity index is 631. The average molecular weight is 308 g/mol. The van der Waals surface area contributed by atoms with Crippen LogP contribution in [0.5, 0.6) is 5.75 Å². The van der Waals surface area contributed by atoms with E-state index in [4.69, 9.17) is 0 Å². The van der Waals surface area contributed by atoms with Crippen LogP contribution in [-0.2, 0) is 0 Å². The first-order chi connectivity index (χ1) is 10.4. The molecular formula is C17H15F3O2. The lowest BCUT2D eigenvalue weighted by atomic mass is 9.97. The summed E-state index contributed by atoms with van der Waals surface area (Å²) in [7, 11) is 0. The van der Waals surface area contributed by atoms with Gasteiger partial charge in [-0.3, -0.25) is 4.79 Å². The van der Waals surface area contributed by atoms with Gasteiger partial charge in [0.25, 0.3) is 0 Å². The van der Waals surface area contributed by atoms with Crippen LogP contribution in [0.2, 0.25) is 0 Å². The van der Waals surface area contributed by atoms with Crippen LogP contribution in [0.1, 0.15) is 17.3 Å². The minimum absolute atomic E-state index is 0.101. The van der Waals surface area contributed by atoms with Crippen LogP contribution in [0, 0.1) is 0 Å². The van der Waals surface area contributed by atoms with Gasteiger partial charge in [-0.2, -0.15) is 0 Å². The molecule has 0 aromatic heterocycles. The van der Waals surface area contributed by atoms with E-state index in [1.54, 1.807) is 24.3 Å². The summed E-state index contributed by atoms with van der Waals surface area (Å²) in [6, 6.07) is 12.3. The van der Waals surface area contributed by atoms with E-state index in [0.29, 0.717) is 16.7 Å². The fourth-order valence-corrected chi connectivity index (χ4v) is 1.88. The summed E-state index contributed by atoms with van der Waals surface area (Å²) in [6.45, 7) is 7.44. The highest BCUT2D eigenvalue weighted by Gasteiger charge is 2.30. The zero-order chi connectivity index (χ0) is 16.8. The van der Waals surface area contributed by atoms with Crippen molar-refractivity contribution in [1.82, 2.24) is 0 Å². The molecule has 0 aliphatic carbocycles. The van der Waals surface area contributed by atoms with E-state index in [1.807, 2.05) is 0 Å². The summed E-state index contributed by atoms with van der Waals surface area (Å²) in [4.78, 5) is 11.5. The maximum absolute atomic E-state index is 12.1. The van der Waals surface area contributed by atoms with Gasteiger partial charge in [0.2, 0.25) is 0 Å². The van der Waals surface area contributed by atoms with Gasteiger partial charge in [0.15, 0.2) is 5.78 Å². The second-order valence-corrected chi connectivity index (χ2v) is 4.17. The molecule has 0 radical (unpaired) electrons. The molecule has 5 heteroatoms.